The van der Waals surface area contributed by atoms with Gasteiger partial charge in [0.2, 0.25) is 0 Å². The topological polar surface area (TPSA) is 44.5 Å². The van der Waals surface area contributed by atoms with Crippen molar-refractivity contribution in [3.8, 4) is 11.5 Å². The van der Waals surface area contributed by atoms with Gasteiger partial charge in [-0.05, 0) is 35.9 Å². The van der Waals surface area contributed by atoms with Crippen LogP contribution < -0.4 is 15.2 Å². The highest BCUT2D eigenvalue weighted by Crippen LogP contribution is 2.33. The van der Waals surface area contributed by atoms with Crippen LogP contribution in [0.1, 0.15) is 17.2 Å². The van der Waals surface area contributed by atoms with Gasteiger partial charge in [-0.15, -0.1) is 0 Å². The Hall–Kier alpha value is -1.42. The van der Waals surface area contributed by atoms with Gasteiger partial charge in [-0.3, -0.25) is 0 Å². The minimum Gasteiger partial charge on any atom is -0.497 e. The van der Waals surface area contributed by atoms with Crippen molar-refractivity contribution in [2.24, 2.45) is 5.73 Å². The second-order valence-corrected chi connectivity index (χ2v) is 5.16. The van der Waals surface area contributed by atoms with Crippen LogP contribution in [-0.4, -0.2) is 14.2 Å². The van der Waals surface area contributed by atoms with E-state index in [9.17, 15) is 0 Å². The first-order valence-corrected chi connectivity index (χ1v) is 6.74. The Balaban J connectivity index is 2.44. The molecule has 0 spiro atoms. The molecule has 0 aliphatic heterocycles. The molecular weight excluding hydrogens is 297 g/mol. The van der Waals surface area contributed by atoms with Gasteiger partial charge in [-0.25, -0.2) is 0 Å². The smallest absolute Gasteiger partial charge is 0.127 e. The molecule has 0 aliphatic rings. The molecule has 2 N–H and O–H groups in total. The van der Waals surface area contributed by atoms with Crippen LogP contribution in [0.4, 0.5) is 0 Å². The Labute approximate surface area is 128 Å². The first-order chi connectivity index (χ1) is 9.55. The summed E-state index contributed by atoms with van der Waals surface area (Å²) >= 11 is 12.0. The molecule has 2 aromatic carbocycles. The predicted octanol–water partition coefficient (Wildman–Crippen LogP) is 4.06. The molecule has 0 aliphatic carbocycles. The molecule has 2 rings (SSSR count). The molecule has 0 fully saturated rings. The third-order valence-corrected chi connectivity index (χ3v) is 3.46. The lowest BCUT2D eigenvalue weighted by molar-refractivity contribution is 0.390. The minimum atomic E-state index is -0.382. The van der Waals surface area contributed by atoms with Crippen molar-refractivity contribution < 1.29 is 9.47 Å². The molecule has 3 nitrogen and oxygen atoms in total. The van der Waals surface area contributed by atoms with E-state index >= 15 is 0 Å². The van der Waals surface area contributed by atoms with Gasteiger partial charge in [0.25, 0.3) is 0 Å². The average molecular weight is 312 g/mol. The van der Waals surface area contributed by atoms with Crippen molar-refractivity contribution in [3.05, 3.63) is 57.6 Å². The Kier molecular flexibility index (Phi) is 4.76. The molecule has 0 heterocycles. The molecule has 0 radical (unpaired) electrons. The maximum atomic E-state index is 6.28. The van der Waals surface area contributed by atoms with E-state index in [1.165, 1.54) is 0 Å². The second-order valence-electron chi connectivity index (χ2n) is 4.29. The summed E-state index contributed by atoms with van der Waals surface area (Å²) in [6, 6.07) is 10.4. The predicted molar refractivity (Wildman–Crippen MR) is 82.0 cm³/mol. The quantitative estimate of drug-likeness (QED) is 0.926. The Morgan fingerprint density at radius 2 is 1.60 bits per heavy atom. The summed E-state index contributed by atoms with van der Waals surface area (Å²) in [6.45, 7) is 0. The lowest BCUT2D eigenvalue weighted by Gasteiger charge is -2.17. The van der Waals surface area contributed by atoms with Gasteiger partial charge >= 0.3 is 0 Å². The van der Waals surface area contributed by atoms with Crippen LogP contribution in [0, 0.1) is 0 Å². The molecule has 5 heteroatoms. The monoisotopic (exact) mass is 311 g/mol. The average Bonchev–Trinajstić information content (AvgIpc) is 2.44. The van der Waals surface area contributed by atoms with E-state index in [1.54, 1.807) is 38.5 Å². The van der Waals surface area contributed by atoms with E-state index in [2.05, 4.69) is 0 Å². The lowest BCUT2D eigenvalue weighted by Crippen LogP contribution is -2.13. The Bertz CT molecular complexity index is 597. The molecule has 2 aromatic rings. The van der Waals surface area contributed by atoms with E-state index < -0.39 is 0 Å². The van der Waals surface area contributed by atoms with E-state index in [1.807, 2.05) is 12.1 Å². The number of halogens is 2. The van der Waals surface area contributed by atoms with E-state index in [0.717, 1.165) is 11.1 Å². The highest BCUT2D eigenvalue weighted by atomic mass is 35.5. The van der Waals surface area contributed by atoms with Gasteiger partial charge < -0.3 is 15.2 Å². The van der Waals surface area contributed by atoms with Crippen molar-refractivity contribution >= 4 is 23.2 Å². The normalized spacial score (nSPS) is 12.1. The van der Waals surface area contributed by atoms with Crippen LogP contribution in [-0.2, 0) is 0 Å². The number of hydrogen-bond donors (Lipinski definition) is 1. The van der Waals surface area contributed by atoms with Crippen molar-refractivity contribution in [2.75, 3.05) is 14.2 Å². The Morgan fingerprint density at radius 3 is 2.15 bits per heavy atom. The largest absolute Gasteiger partial charge is 0.497 e. The van der Waals surface area contributed by atoms with Gasteiger partial charge in [0, 0.05) is 21.7 Å². The van der Waals surface area contributed by atoms with E-state index in [-0.39, 0.29) is 6.04 Å². The van der Waals surface area contributed by atoms with Gasteiger partial charge in [-0.1, -0.05) is 23.2 Å². The van der Waals surface area contributed by atoms with Crippen LogP contribution in [0.3, 0.4) is 0 Å². The standard InChI is InChI=1S/C15H15Cl2NO2/c1-19-12-3-4-13(14(8-12)20-2)15(18)9-5-10(16)7-11(17)6-9/h3-8,15H,18H2,1-2H3. The highest BCUT2D eigenvalue weighted by Gasteiger charge is 2.16. The number of rotatable bonds is 4. The van der Waals surface area contributed by atoms with E-state index in [0.29, 0.717) is 21.5 Å². The van der Waals surface area contributed by atoms with Crippen molar-refractivity contribution in [2.45, 2.75) is 6.04 Å². The summed E-state index contributed by atoms with van der Waals surface area (Å²) in [7, 11) is 3.20. The fraction of sp³-hybridized carbons (Fsp3) is 0.200. The fourth-order valence-electron chi connectivity index (χ4n) is 2.01. The molecule has 1 unspecified atom stereocenters. The van der Waals surface area contributed by atoms with Crippen LogP contribution in [0.15, 0.2) is 36.4 Å². The maximum Gasteiger partial charge on any atom is 0.127 e. The maximum absolute atomic E-state index is 6.28. The summed E-state index contributed by atoms with van der Waals surface area (Å²) in [4.78, 5) is 0. The first-order valence-electron chi connectivity index (χ1n) is 5.98. The third-order valence-electron chi connectivity index (χ3n) is 3.02. The van der Waals surface area contributed by atoms with Crippen LogP contribution >= 0.6 is 23.2 Å². The summed E-state index contributed by atoms with van der Waals surface area (Å²) < 4.78 is 10.5. The molecular formula is C15H15Cl2NO2. The van der Waals surface area contributed by atoms with Crippen molar-refractivity contribution in [3.63, 3.8) is 0 Å². The Morgan fingerprint density at radius 1 is 0.950 bits per heavy atom. The molecule has 1 atom stereocenters. The number of hydrogen-bond acceptors (Lipinski definition) is 3. The van der Waals surface area contributed by atoms with Crippen LogP contribution in [0.2, 0.25) is 10.0 Å². The van der Waals surface area contributed by atoms with Crippen LogP contribution in [0.5, 0.6) is 11.5 Å². The van der Waals surface area contributed by atoms with Gasteiger partial charge in [0.1, 0.15) is 11.5 Å². The molecule has 0 amide bonds. The first kappa shape index (κ1) is 15.0. The molecule has 0 aromatic heterocycles. The van der Waals surface area contributed by atoms with E-state index in [4.69, 9.17) is 38.4 Å². The highest BCUT2D eigenvalue weighted by molar-refractivity contribution is 6.34. The summed E-state index contributed by atoms with van der Waals surface area (Å²) in [5.74, 6) is 1.37. The summed E-state index contributed by atoms with van der Waals surface area (Å²) in [6.07, 6.45) is 0. The zero-order valence-corrected chi connectivity index (χ0v) is 12.7. The fourth-order valence-corrected chi connectivity index (χ4v) is 2.55. The van der Waals surface area contributed by atoms with Gasteiger partial charge in [0.05, 0.1) is 20.3 Å². The minimum absolute atomic E-state index is 0.382. The number of ether oxygens (including phenoxy) is 2. The lowest BCUT2D eigenvalue weighted by atomic mass is 9.98. The second kappa shape index (κ2) is 6.35. The van der Waals surface area contributed by atoms with Crippen molar-refractivity contribution in [1.82, 2.24) is 0 Å². The number of nitrogens with two attached hydrogens (primary N) is 1. The van der Waals surface area contributed by atoms with Gasteiger partial charge in [0.15, 0.2) is 0 Å². The summed E-state index contributed by atoms with van der Waals surface area (Å²) in [5, 5.41) is 1.10. The molecule has 20 heavy (non-hydrogen) atoms. The van der Waals surface area contributed by atoms with Gasteiger partial charge in [-0.2, -0.15) is 0 Å². The molecule has 0 saturated carbocycles. The zero-order chi connectivity index (χ0) is 14.7. The van der Waals surface area contributed by atoms with Crippen molar-refractivity contribution in [1.29, 1.82) is 0 Å². The molecule has 106 valence electrons. The number of benzene rings is 2. The van der Waals surface area contributed by atoms with Crippen LogP contribution in [0.25, 0.3) is 0 Å². The summed E-state index contributed by atoms with van der Waals surface area (Å²) in [5.41, 5.74) is 7.95. The zero-order valence-electron chi connectivity index (χ0n) is 11.2. The SMILES string of the molecule is COc1ccc(C(N)c2cc(Cl)cc(Cl)c2)c(OC)c1. The number of methoxy groups -OCH3 is 2. The molecule has 0 saturated heterocycles. The molecule has 0 bridgehead atoms. The third kappa shape index (κ3) is 3.18.